The van der Waals surface area contributed by atoms with Crippen LogP contribution in [0.1, 0.15) is 56.1 Å². The van der Waals surface area contributed by atoms with Crippen LogP contribution in [0.3, 0.4) is 0 Å². The van der Waals surface area contributed by atoms with E-state index in [2.05, 4.69) is 5.32 Å². The molecule has 2 heterocycles. The number of alkyl halides is 3. The molecule has 1 amide bonds. The molecular formula is C22H28F3N3O3S. The maximum atomic E-state index is 13.2. The van der Waals surface area contributed by atoms with Crippen LogP contribution in [0, 0.1) is 5.92 Å². The van der Waals surface area contributed by atoms with E-state index < -0.39 is 33.1 Å². The monoisotopic (exact) mass is 471 g/mol. The van der Waals surface area contributed by atoms with Crippen molar-refractivity contribution < 1.29 is 26.4 Å². The second kappa shape index (κ2) is 8.78. The number of benzene rings is 1. The summed E-state index contributed by atoms with van der Waals surface area (Å²) in [7, 11) is -3.76. The highest BCUT2D eigenvalue weighted by atomic mass is 32.2. The molecule has 0 atom stereocenters. The van der Waals surface area contributed by atoms with Crippen molar-refractivity contribution in [2.45, 2.75) is 63.1 Å². The summed E-state index contributed by atoms with van der Waals surface area (Å²) >= 11 is 0. The number of nitrogens with zero attached hydrogens (tertiary/aromatic N) is 2. The first kappa shape index (κ1) is 23.2. The van der Waals surface area contributed by atoms with Gasteiger partial charge in [0.15, 0.2) is 0 Å². The van der Waals surface area contributed by atoms with Gasteiger partial charge in [0.25, 0.3) is 5.91 Å². The number of halogens is 3. The summed E-state index contributed by atoms with van der Waals surface area (Å²) < 4.78 is 66.5. The molecule has 1 saturated heterocycles. The predicted octanol–water partition coefficient (Wildman–Crippen LogP) is 3.52. The summed E-state index contributed by atoms with van der Waals surface area (Å²) in [6, 6.07) is 5.04. The fraction of sp³-hybridized carbons (Fsp3) is 0.636. The molecule has 1 saturated carbocycles. The first-order valence-electron chi connectivity index (χ1n) is 11.1. The van der Waals surface area contributed by atoms with E-state index in [0.717, 1.165) is 37.6 Å². The predicted molar refractivity (Wildman–Crippen MR) is 115 cm³/mol. The third-order valence-electron chi connectivity index (χ3n) is 6.89. The van der Waals surface area contributed by atoms with E-state index in [0.29, 0.717) is 0 Å². The molecule has 0 aromatic heterocycles. The van der Waals surface area contributed by atoms with Crippen LogP contribution in [-0.2, 0) is 27.4 Å². The first-order chi connectivity index (χ1) is 15.1. The fourth-order valence-electron chi connectivity index (χ4n) is 4.97. The minimum atomic E-state index is -4.53. The van der Waals surface area contributed by atoms with Gasteiger partial charge in [-0.3, -0.25) is 9.79 Å². The van der Waals surface area contributed by atoms with Gasteiger partial charge in [0, 0.05) is 19.0 Å². The molecule has 32 heavy (non-hydrogen) atoms. The first-order valence-corrected chi connectivity index (χ1v) is 12.8. The third-order valence-corrected chi connectivity index (χ3v) is 8.76. The van der Waals surface area contributed by atoms with E-state index in [-0.39, 0.29) is 49.7 Å². The van der Waals surface area contributed by atoms with E-state index in [9.17, 15) is 26.4 Å². The minimum absolute atomic E-state index is 0.0334. The molecule has 2 fully saturated rings. The molecule has 10 heteroatoms. The lowest BCUT2D eigenvalue weighted by Gasteiger charge is -2.34. The van der Waals surface area contributed by atoms with Crippen molar-refractivity contribution in [2.75, 3.05) is 18.8 Å². The van der Waals surface area contributed by atoms with Crippen molar-refractivity contribution in [3.63, 3.8) is 0 Å². The topological polar surface area (TPSA) is 78.8 Å². The zero-order valence-corrected chi connectivity index (χ0v) is 18.6. The Morgan fingerprint density at radius 1 is 1.09 bits per heavy atom. The average Bonchev–Trinajstić information content (AvgIpc) is 3.08. The Morgan fingerprint density at radius 3 is 2.41 bits per heavy atom. The van der Waals surface area contributed by atoms with Gasteiger partial charge in [-0.05, 0) is 43.7 Å². The number of piperidine rings is 1. The number of hydrogen-bond acceptors (Lipinski definition) is 4. The maximum Gasteiger partial charge on any atom is 0.416 e. The molecule has 1 aromatic carbocycles. The Morgan fingerprint density at radius 2 is 1.75 bits per heavy atom. The van der Waals surface area contributed by atoms with E-state index >= 15 is 0 Å². The highest BCUT2D eigenvalue weighted by Gasteiger charge is 2.48. The molecule has 0 bridgehead atoms. The maximum absolute atomic E-state index is 13.2. The molecule has 0 radical (unpaired) electrons. The second-order valence-electron chi connectivity index (χ2n) is 8.94. The quantitative estimate of drug-likeness (QED) is 0.714. The van der Waals surface area contributed by atoms with E-state index in [1.54, 1.807) is 0 Å². The molecule has 1 aromatic rings. The Hall–Kier alpha value is -1.94. The van der Waals surface area contributed by atoms with Crippen LogP contribution < -0.4 is 5.32 Å². The van der Waals surface area contributed by atoms with Crippen LogP contribution in [0.2, 0.25) is 0 Å². The molecule has 6 nitrogen and oxygen atoms in total. The number of nitrogens with one attached hydrogen (secondary N) is 1. The van der Waals surface area contributed by atoms with Crippen LogP contribution in [0.25, 0.3) is 0 Å². The Balaban J connectivity index is 1.40. The molecule has 1 aliphatic carbocycles. The van der Waals surface area contributed by atoms with Crippen LogP contribution in [0.5, 0.6) is 0 Å². The summed E-state index contributed by atoms with van der Waals surface area (Å²) in [5.41, 5.74) is -1.75. The van der Waals surface area contributed by atoms with Crippen LogP contribution in [-0.4, -0.2) is 48.8 Å². The highest BCUT2D eigenvalue weighted by Crippen LogP contribution is 2.35. The Bertz CT molecular complexity index is 993. The molecule has 3 aliphatic rings. The van der Waals surface area contributed by atoms with Crippen LogP contribution in [0.15, 0.2) is 29.3 Å². The molecule has 176 valence electrons. The van der Waals surface area contributed by atoms with Crippen molar-refractivity contribution in [2.24, 2.45) is 10.9 Å². The normalized spacial score (nSPS) is 22.7. The number of aryl methyl sites for hydroxylation is 1. The van der Waals surface area contributed by atoms with Crippen molar-refractivity contribution in [1.82, 2.24) is 9.62 Å². The summed E-state index contributed by atoms with van der Waals surface area (Å²) in [4.78, 5) is 17.4. The van der Waals surface area contributed by atoms with E-state index in [1.165, 1.54) is 28.9 Å². The molecule has 4 rings (SSSR count). The minimum Gasteiger partial charge on any atom is -0.312 e. The summed E-state index contributed by atoms with van der Waals surface area (Å²) in [6.07, 6.45) is 1.28. The number of hydrogen-bond donors (Lipinski definition) is 1. The number of sulfonamides is 1. The number of carbonyl (C=O) groups is 1. The van der Waals surface area contributed by atoms with Crippen molar-refractivity contribution in [3.8, 4) is 0 Å². The van der Waals surface area contributed by atoms with Gasteiger partial charge in [0.1, 0.15) is 11.4 Å². The van der Waals surface area contributed by atoms with Gasteiger partial charge >= 0.3 is 6.18 Å². The number of carbonyl (C=O) groups excluding carboxylic acids is 1. The van der Waals surface area contributed by atoms with Crippen LogP contribution in [0.4, 0.5) is 13.2 Å². The van der Waals surface area contributed by atoms with Gasteiger partial charge in [-0.25, -0.2) is 12.7 Å². The Labute approximate surface area is 186 Å². The third kappa shape index (κ3) is 4.71. The lowest BCUT2D eigenvalue weighted by molar-refractivity contribution is -0.138. The number of amides is 1. The van der Waals surface area contributed by atoms with Gasteiger partial charge in [-0.1, -0.05) is 37.5 Å². The number of rotatable bonds is 5. The van der Waals surface area contributed by atoms with Crippen molar-refractivity contribution >= 4 is 21.8 Å². The number of aliphatic imine (C=N–C) groups is 1. The second-order valence-corrected chi connectivity index (χ2v) is 11.0. The lowest BCUT2D eigenvalue weighted by atomic mass is 9.88. The average molecular weight is 472 g/mol. The smallest absolute Gasteiger partial charge is 0.312 e. The molecule has 1 N–H and O–H groups in total. The summed E-state index contributed by atoms with van der Waals surface area (Å²) in [6.45, 7) is 0.274. The SMILES string of the molecule is O=C1NC(C2CCCCC2)=NC12CCN(S(=O)(=O)CCc1ccccc1C(F)(F)F)CC2. The van der Waals surface area contributed by atoms with E-state index in [1.807, 2.05) is 0 Å². The van der Waals surface area contributed by atoms with Crippen molar-refractivity contribution in [3.05, 3.63) is 35.4 Å². The molecule has 1 spiro atoms. The van der Waals surface area contributed by atoms with Gasteiger partial charge < -0.3 is 5.32 Å². The van der Waals surface area contributed by atoms with Gasteiger partial charge in [-0.2, -0.15) is 13.2 Å². The van der Waals surface area contributed by atoms with Crippen LogP contribution >= 0.6 is 0 Å². The van der Waals surface area contributed by atoms with Gasteiger partial charge in [-0.15, -0.1) is 0 Å². The standard InChI is InChI=1S/C22H28F3N3O3S/c23-22(24,25)18-9-5-4-6-16(18)10-15-32(30,31)28-13-11-21(12-14-28)20(29)26-19(27-21)17-7-2-1-3-8-17/h4-6,9,17H,1-3,7-8,10-15H2,(H,26,27,29). The molecular weight excluding hydrogens is 443 g/mol. The highest BCUT2D eigenvalue weighted by molar-refractivity contribution is 7.89. The number of amidine groups is 1. The summed E-state index contributed by atoms with van der Waals surface area (Å²) in [5, 5.41) is 2.94. The van der Waals surface area contributed by atoms with Gasteiger partial charge in [0.05, 0.1) is 11.3 Å². The molecule has 2 aliphatic heterocycles. The zero-order valence-electron chi connectivity index (χ0n) is 17.8. The van der Waals surface area contributed by atoms with Gasteiger partial charge in [0.2, 0.25) is 10.0 Å². The lowest BCUT2D eigenvalue weighted by Crippen LogP contribution is -2.51. The largest absolute Gasteiger partial charge is 0.416 e. The molecule has 0 unspecified atom stereocenters. The zero-order chi connectivity index (χ0) is 23.0. The summed E-state index contributed by atoms with van der Waals surface area (Å²) in [5.74, 6) is 0.446. The fourth-order valence-corrected chi connectivity index (χ4v) is 6.44. The Kier molecular flexibility index (Phi) is 6.37. The van der Waals surface area contributed by atoms with E-state index in [4.69, 9.17) is 4.99 Å². The van der Waals surface area contributed by atoms with Crippen molar-refractivity contribution in [1.29, 1.82) is 0 Å².